The standard InChI is InChI=1S/C11H15N3O2.ClH/c1-3-16-10(15)8-6-9(14-7-13-8)11(12-2)4-5-11;/h6-7,12H,3-5H2,1-2H3;1H. The van der Waals surface area contributed by atoms with E-state index in [-0.39, 0.29) is 17.9 Å². The van der Waals surface area contributed by atoms with Crippen molar-refractivity contribution in [1.82, 2.24) is 15.3 Å². The van der Waals surface area contributed by atoms with Gasteiger partial charge in [-0.2, -0.15) is 0 Å². The Bertz CT molecular complexity index is 407. The molecule has 0 bridgehead atoms. The van der Waals surface area contributed by atoms with Crippen molar-refractivity contribution in [3.63, 3.8) is 0 Å². The van der Waals surface area contributed by atoms with E-state index in [0.717, 1.165) is 18.5 Å². The number of esters is 1. The van der Waals surface area contributed by atoms with Crippen molar-refractivity contribution in [2.75, 3.05) is 13.7 Å². The first-order valence-corrected chi connectivity index (χ1v) is 5.40. The first-order valence-electron chi connectivity index (χ1n) is 5.40. The molecule has 1 aliphatic carbocycles. The van der Waals surface area contributed by atoms with E-state index in [1.165, 1.54) is 6.33 Å². The molecule has 17 heavy (non-hydrogen) atoms. The van der Waals surface area contributed by atoms with Crippen LogP contribution in [0, 0.1) is 0 Å². The molecule has 1 aliphatic rings. The van der Waals surface area contributed by atoms with Crippen LogP contribution in [0.3, 0.4) is 0 Å². The highest BCUT2D eigenvalue weighted by atomic mass is 35.5. The Hall–Kier alpha value is -1.20. The predicted molar refractivity (Wildman–Crippen MR) is 65.2 cm³/mol. The quantitative estimate of drug-likeness (QED) is 0.824. The molecule has 0 aliphatic heterocycles. The minimum Gasteiger partial charge on any atom is -0.461 e. The third-order valence-electron chi connectivity index (χ3n) is 2.87. The van der Waals surface area contributed by atoms with Gasteiger partial charge in [-0.1, -0.05) is 0 Å². The van der Waals surface area contributed by atoms with E-state index in [4.69, 9.17) is 4.74 Å². The monoisotopic (exact) mass is 257 g/mol. The number of ether oxygens (including phenoxy) is 1. The average molecular weight is 258 g/mol. The smallest absolute Gasteiger partial charge is 0.357 e. The Morgan fingerprint density at radius 1 is 1.53 bits per heavy atom. The summed E-state index contributed by atoms with van der Waals surface area (Å²) in [5, 5.41) is 3.22. The van der Waals surface area contributed by atoms with Gasteiger partial charge >= 0.3 is 5.97 Å². The third kappa shape index (κ3) is 2.73. The summed E-state index contributed by atoms with van der Waals surface area (Å²) in [5.74, 6) is -0.391. The number of rotatable bonds is 4. The van der Waals surface area contributed by atoms with Crippen LogP contribution in [-0.2, 0) is 10.3 Å². The highest BCUT2D eigenvalue weighted by Crippen LogP contribution is 2.43. The summed E-state index contributed by atoms with van der Waals surface area (Å²) in [6, 6.07) is 1.71. The Morgan fingerprint density at radius 2 is 2.24 bits per heavy atom. The van der Waals surface area contributed by atoms with Gasteiger partial charge in [0.2, 0.25) is 0 Å². The second-order valence-electron chi connectivity index (χ2n) is 3.84. The van der Waals surface area contributed by atoms with Crippen LogP contribution in [0.25, 0.3) is 0 Å². The zero-order chi connectivity index (χ0) is 11.6. The Morgan fingerprint density at radius 3 is 2.76 bits per heavy atom. The van der Waals surface area contributed by atoms with Crippen molar-refractivity contribution >= 4 is 18.4 Å². The fraction of sp³-hybridized carbons (Fsp3) is 0.545. The number of carbonyl (C=O) groups is 1. The first kappa shape index (κ1) is 13.9. The lowest BCUT2D eigenvalue weighted by Gasteiger charge is -2.13. The van der Waals surface area contributed by atoms with Crippen LogP contribution in [0.1, 0.15) is 35.9 Å². The lowest BCUT2D eigenvalue weighted by Crippen LogP contribution is -2.26. The summed E-state index contributed by atoms with van der Waals surface area (Å²) in [6.45, 7) is 2.13. The first-order chi connectivity index (χ1) is 7.72. The SMILES string of the molecule is CCOC(=O)c1cc(C2(NC)CC2)ncn1.Cl. The molecule has 0 saturated heterocycles. The van der Waals surface area contributed by atoms with Crippen molar-refractivity contribution in [3.05, 3.63) is 23.8 Å². The maximum absolute atomic E-state index is 11.5. The molecule has 94 valence electrons. The van der Waals surface area contributed by atoms with Crippen LogP contribution < -0.4 is 5.32 Å². The third-order valence-corrected chi connectivity index (χ3v) is 2.87. The highest BCUT2D eigenvalue weighted by molar-refractivity contribution is 5.87. The Balaban J connectivity index is 0.00000144. The molecular weight excluding hydrogens is 242 g/mol. The van der Waals surface area contributed by atoms with Gasteiger partial charge in [-0.3, -0.25) is 0 Å². The van der Waals surface area contributed by atoms with Crippen molar-refractivity contribution in [2.45, 2.75) is 25.3 Å². The van der Waals surface area contributed by atoms with Crippen molar-refractivity contribution < 1.29 is 9.53 Å². The van der Waals surface area contributed by atoms with E-state index < -0.39 is 5.97 Å². The van der Waals surface area contributed by atoms with Gasteiger partial charge < -0.3 is 10.1 Å². The highest BCUT2D eigenvalue weighted by Gasteiger charge is 2.44. The number of hydrogen-bond acceptors (Lipinski definition) is 5. The summed E-state index contributed by atoms with van der Waals surface area (Å²) >= 11 is 0. The van der Waals surface area contributed by atoms with E-state index in [1.807, 2.05) is 7.05 Å². The van der Waals surface area contributed by atoms with Crippen LogP contribution in [0.2, 0.25) is 0 Å². The van der Waals surface area contributed by atoms with Gasteiger partial charge in [0.25, 0.3) is 0 Å². The van der Waals surface area contributed by atoms with Crippen molar-refractivity contribution in [3.8, 4) is 0 Å². The fourth-order valence-electron chi connectivity index (χ4n) is 1.69. The van der Waals surface area contributed by atoms with Gasteiger partial charge in [0.05, 0.1) is 17.8 Å². The van der Waals surface area contributed by atoms with Gasteiger partial charge in [-0.25, -0.2) is 14.8 Å². The maximum atomic E-state index is 11.5. The molecule has 0 aromatic carbocycles. The van der Waals surface area contributed by atoms with E-state index in [2.05, 4.69) is 15.3 Å². The Kier molecular flexibility index (Phi) is 4.42. The number of hydrogen-bond donors (Lipinski definition) is 1. The van der Waals surface area contributed by atoms with Gasteiger partial charge in [0, 0.05) is 0 Å². The molecule has 1 heterocycles. The summed E-state index contributed by atoms with van der Waals surface area (Å²) in [5.41, 5.74) is 1.14. The van der Waals surface area contributed by atoms with E-state index in [0.29, 0.717) is 12.3 Å². The van der Waals surface area contributed by atoms with E-state index in [9.17, 15) is 4.79 Å². The van der Waals surface area contributed by atoms with Gasteiger partial charge in [-0.05, 0) is 32.9 Å². The molecule has 1 fully saturated rings. The zero-order valence-corrected chi connectivity index (χ0v) is 10.7. The topological polar surface area (TPSA) is 64.1 Å². The minimum absolute atomic E-state index is 0. The Labute approximate surface area is 106 Å². The van der Waals surface area contributed by atoms with Crippen molar-refractivity contribution in [2.24, 2.45) is 0 Å². The molecule has 0 unspecified atom stereocenters. The summed E-state index contributed by atoms with van der Waals surface area (Å²) in [4.78, 5) is 19.6. The molecule has 2 rings (SSSR count). The van der Waals surface area contributed by atoms with Gasteiger partial charge in [-0.15, -0.1) is 12.4 Å². The molecule has 1 aromatic heterocycles. The van der Waals surface area contributed by atoms with Crippen LogP contribution in [0.4, 0.5) is 0 Å². The largest absolute Gasteiger partial charge is 0.461 e. The minimum atomic E-state index is -0.391. The van der Waals surface area contributed by atoms with Crippen molar-refractivity contribution in [1.29, 1.82) is 0 Å². The van der Waals surface area contributed by atoms with E-state index >= 15 is 0 Å². The molecule has 1 saturated carbocycles. The predicted octanol–water partition coefficient (Wildman–Crippen LogP) is 1.28. The number of nitrogens with one attached hydrogen (secondary N) is 1. The second-order valence-corrected chi connectivity index (χ2v) is 3.84. The van der Waals surface area contributed by atoms with Gasteiger partial charge in [0.1, 0.15) is 6.33 Å². The summed E-state index contributed by atoms with van der Waals surface area (Å²) in [7, 11) is 1.90. The lowest BCUT2D eigenvalue weighted by molar-refractivity contribution is 0.0519. The molecule has 0 spiro atoms. The average Bonchev–Trinajstić information content (AvgIpc) is 3.10. The molecule has 1 N–H and O–H groups in total. The van der Waals surface area contributed by atoms with Crippen LogP contribution >= 0.6 is 12.4 Å². The molecule has 0 amide bonds. The zero-order valence-electron chi connectivity index (χ0n) is 9.90. The molecule has 6 heteroatoms. The molecule has 0 atom stereocenters. The molecule has 0 radical (unpaired) electrons. The molecule has 5 nitrogen and oxygen atoms in total. The number of aromatic nitrogens is 2. The number of nitrogens with zero attached hydrogens (tertiary/aromatic N) is 2. The van der Waals surface area contributed by atoms with Gasteiger partial charge in [0.15, 0.2) is 5.69 Å². The maximum Gasteiger partial charge on any atom is 0.357 e. The normalized spacial score (nSPS) is 15.9. The lowest BCUT2D eigenvalue weighted by atomic mass is 10.1. The summed E-state index contributed by atoms with van der Waals surface area (Å²) < 4.78 is 4.90. The fourth-order valence-corrected chi connectivity index (χ4v) is 1.69. The molecular formula is C11H16ClN3O2. The second kappa shape index (κ2) is 5.42. The number of halogens is 1. The van der Waals surface area contributed by atoms with Crippen LogP contribution in [0.15, 0.2) is 12.4 Å². The van der Waals surface area contributed by atoms with E-state index in [1.54, 1.807) is 13.0 Å². The summed E-state index contributed by atoms with van der Waals surface area (Å²) in [6.07, 6.45) is 3.50. The molecule has 1 aromatic rings. The number of carbonyl (C=O) groups excluding carboxylic acids is 1. The van der Waals surface area contributed by atoms with Crippen LogP contribution in [0.5, 0.6) is 0 Å². The van der Waals surface area contributed by atoms with Crippen LogP contribution in [-0.4, -0.2) is 29.6 Å².